The molecular weight excluding hydrogens is 232 g/mol. The van der Waals surface area contributed by atoms with Crippen molar-refractivity contribution in [2.24, 2.45) is 0 Å². The lowest BCUT2D eigenvalue weighted by molar-refractivity contribution is 0.0691. The molecule has 18 heavy (non-hydrogen) atoms. The van der Waals surface area contributed by atoms with Gasteiger partial charge >= 0.3 is 0 Å². The minimum Gasteiger partial charge on any atom is -0.382 e. The van der Waals surface area contributed by atoms with Gasteiger partial charge in [0, 0.05) is 32.0 Å². The first-order valence-corrected chi connectivity index (χ1v) is 6.13. The first-order chi connectivity index (χ1) is 8.74. The smallest absolute Gasteiger partial charge is 0.221 e. The summed E-state index contributed by atoms with van der Waals surface area (Å²) in [6, 6.07) is 0. The Bertz CT molecular complexity index is 347. The molecule has 0 aliphatic carbocycles. The van der Waals surface area contributed by atoms with Crippen LogP contribution in [0.3, 0.4) is 0 Å². The molecule has 0 aliphatic rings. The van der Waals surface area contributed by atoms with Crippen LogP contribution in [0.15, 0.2) is 6.20 Å². The summed E-state index contributed by atoms with van der Waals surface area (Å²) in [5.41, 5.74) is 6.53. The Labute approximate surface area is 108 Å². The molecule has 0 radical (unpaired) electrons. The summed E-state index contributed by atoms with van der Waals surface area (Å²) < 4.78 is 10.3. The molecule has 0 amide bonds. The quantitative estimate of drug-likeness (QED) is 0.645. The maximum absolute atomic E-state index is 5.53. The predicted molar refractivity (Wildman–Crippen MR) is 71.6 cm³/mol. The van der Waals surface area contributed by atoms with E-state index in [-0.39, 0.29) is 0 Å². The molecule has 102 valence electrons. The van der Waals surface area contributed by atoms with Crippen molar-refractivity contribution in [3.8, 4) is 0 Å². The summed E-state index contributed by atoms with van der Waals surface area (Å²) in [5, 5.41) is 3.24. The number of hydrogen-bond acceptors (Lipinski definition) is 6. The minimum absolute atomic E-state index is 0.297. The van der Waals surface area contributed by atoms with Gasteiger partial charge in [0.15, 0.2) is 0 Å². The summed E-state index contributed by atoms with van der Waals surface area (Å²) in [4.78, 5) is 8.06. The van der Waals surface area contributed by atoms with Crippen molar-refractivity contribution < 1.29 is 9.47 Å². The van der Waals surface area contributed by atoms with Crippen molar-refractivity contribution in [2.75, 3.05) is 44.5 Å². The Kier molecular flexibility index (Phi) is 7.05. The van der Waals surface area contributed by atoms with Crippen molar-refractivity contribution in [3.63, 3.8) is 0 Å². The third-order valence-electron chi connectivity index (χ3n) is 2.43. The second-order valence-electron chi connectivity index (χ2n) is 4.00. The average Bonchev–Trinajstić information content (AvgIpc) is 2.36. The number of nitrogens with two attached hydrogens (primary N) is 1. The van der Waals surface area contributed by atoms with Gasteiger partial charge in [-0.2, -0.15) is 4.98 Å². The predicted octanol–water partition coefficient (Wildman–Crippen LogP) is 1.22. The summed E-state index contributed by atoms with van der Waals surface area (Å²) in [5.74, 6) is 1.11. The van der Waals surface area contributed by atoms with Crippen molar-refractivity contribution in [1.29, 1.82) is 0 Å². The third kappa shape index (κ3) is 5.79. The fourth-order valence-electron chi connectivity index (χ4n) is 1.41. The van der Waals surface area contributed by atoms with Gasteiger partial charge in [-0.05, 0) is 19.8 Å². The normalized spacial score (nSPS) is 10.6. The zero-order valence-corrected chi connectivity index (χ0v) is 11.1. The van der Waals surface area contributed by atoms with Crippen LogP contribution in [0.4, 0.5) is 11.8 Å². The highest BCUT2D eigenvalue weighted by molar-refractivity contribution is 5.44. The highest BCUT2D eigenvalue weighted by atomic mass is 16.5. The maximum atomic E-state index is 5.53. The number of nitrogen functional groups attached to an aromatic ring is 1. The van der Waals surface area contributed by atoms with E-state index in [1.54, 1.807) is 13.3 Å². The van der Waals surface area contributed by atoms with Crippen LogP contribution < -0.4 is 11.1 Å². The Morgan fingerprint density at radius 2 is 2.11 bits per heavy atom. The molecule has 0 spiro atoms. The monoisotopic (exact) mass is 254 g/mol. The number of aromatic nitrogens is 2. The lowest BCUT2D eigenvalue weighted by atomic mass is 10.3. The molecule has 0 unspecified atom stereocenters. The zero-order valence-electron chi connectivity index (χ0n) is 11.1. The first kappa shape index (κ1) is 14.7. The highest BCUT2D eigenvalue weighted by Gasteiger charge is 2.00. The molecule has 6 nitrogen and oxygen atoms in total. The molecule has 1 rings (SSSR count). The van der Waals surface area contributed by atoms with Gasteiger partial charge < -0.3 is 20.5 Å². The Hall–Kier alpha value is -1.40. The molecule has 0 aromatic carbocycles. The number of rotatable bonds is 9. The fraction of sp³-hybridized carbons (Fsp3) is 0.667. The Balaban J connectivity index is 2.09. The summed E-state index contributed by atoms with van der Waals surface area (Å²) in [6.07, 6.45) is 3.76. The standard InChI is InChI=1S/C12H22N4O2/c1-10-9-15-12(13)16-11(10)14-5-3-4-6-18-8-7-17-2/h9H,3-8H2,1-2H3,(H3,13,14,15,16). The number of aryl methyl sites for hydroxylation is 1. The SMILES string of the molecule is COCCOCCCCNc1nc(N)ncc1C. The van der Waals surface area contributed by atoms with Crippen LogP contribution in [-0.4, -0.2) is 43.4 Å². The number of unbranched alkanes of at least 4 members (excludes halogenated alkanes) is 1. The number of nitrogens with zero attached hydrogens (tertiary/aromatic N) is 2. The van der Waals surface area contributed by atoms with Crippen LogP contribution in [0, 0.1) is 6.92 Å². The molecule has 1 aromatic heterocycles. The highest BCUT2D eigenvalue weighted by Crippen LogP contribution is 2.10. The van der Waals surface area contributed by atoms with Gasteiger partial charge in [-0.1, -0.05) is 0 Å². The molecule has 0 saturated carbocycles. The molecule has 0 atom stereocenters. The summed E-state index contributed by atoms with van der Waals surface area (Å²) in [7, 11) is 1.67. The van der Waals surface area contributed by atoms with Crippen molar-refractivity contribution in [1.82, 2.24) is 9.97 Å². The number of ether oxygens (including phenoxy) is 2. The molecule has 1 aromatic rings. The van der Waals surface area contributed by atoms with Crippen LogP contribution in [0.25, 0.3) is 0 Å². The van der Waals surface area contributed by atoms with Crippen LogP contribution in [-0.2, 0) is 9.47 Å². The van der Waals surface area contributed by atoms with Crippen molar-refractivity contribution >= 4 is 11.8 Å². The lowest BCUT2D eigenvalue weighted by Crippen LogP contribution is -2.09. The van der Waals surface area contributed by atoms with E-state index >= 15 is 0 Å². The molecule has 0 bridgehead atoms. The molecular formula is C12H22N4O2. The van der Waals surface area contributed by atoms with Gasteiger partial charge in [-0.25, -0.2) is 4.98 Å². The van der Waals surface area contributed by atoms with Gasteiger partial charge in [-0.15, -0.1) is 0 Å². The second kappa shape index (κ2) is 8.66. The van der Waals surface area contributed by atoms with Crippen LogP contribution in [0.2, 0.25) is 0 Å². The van der Waals surface area contributed by atoms with E-state index in [2.05, 4.69) is 15.3 Å². The Morgan fingerprint density at radius 1 is 1.28 bits per heavy atom. The van der Waals surface area contributed by atoms with Gasteiger partial charge in [0.1, 0.15) is 5.82 Å². The minimum atomic E-state index is 0.297. The largest absolute Gasteiger partial charge is 0.382 e. The van der Waals surface area contributed by atoms with E-state index in [0.29, 0.717) is 19.2 Å². The number of nitrogens with one attached hydrogen (secondary N) is 1. The van der Waals surface area contributed by atoms with E-state index in [9.17, 15) is 0 Å². The number of methoxy groups -OCH3 is 1. The molecule has 0 fully saturated rings. The van der Waals surface area contributed by atoms with Crippen LogP contribution >= 0.6 is 0 Å². The molecule has 1 heterocycles. The van der Waals surface area contributed by atoms with Crippen LogP contribution in [0.5, 0.6) is 0 Å². The fourth-order valence-corrected chi connectivity index (χ4v) is 1.41. The molecule has 0 saturated heterocycles. The van der Waals surface area contributed by atoms with E-state index in [1.807, 2.05) is 6.92 Å². The first-order valence-electron chi connectivity index (χ1n) is 6.13. The number of anilines is 2. The molecule has 3 N–H and O–H groups in total. The number of hydrogen-bond donors (Lipinski definition) is 2. The lowest BCUT2D eigenvalue weighted by Gasteiger charge is -2.08. The maximum Gasteiger partial charge on any atom is 0.221 e. The second-order valence-corrected chi connectivity index (χ2v) is 4.00. The van der Waals surface area contributed by atoms with Gasteiger partial charge in [0.05, 0.1) is 13.2 Å². The van der Waals surface area contributed by atoms with E-state index in [4.69, 9.17) is 15.2 Å². The van der Waals surface area contributed by atoms with Gasteiger partial charge in [0.25, 0.3) is 0 Å². The topological polar surface area (TPSA) is 82.3 Å². The summed E-state index contributed by atoms with van der Waals surface area (Å²) in [6.45, 7) is 4.87. The van der Waals surface area contributed by atoms with E-state index < -0.39 is 0 Å². The van der Waals surface area contributed by atoms with Crippen molar-refractivity contribution in [3.05, 3.63) is 11.8 Å². The Morgan fingerprint density at radius 3 is 2.89 bits per heavy atom. The summed E-state index contributed by atoms with van der Waals surface area (Å²) >= 11 is 0. The van der Waals surface area contributed by atoms with Gasteiger partial charge in [0.2, 0.25) is 5.95 Å². The van der Waals surface area contributed by atoms with E-state index in [1.165, 1.54) is 0 Å². The van der Waals surface area contributed by atoms with Crippen LogP contribution in [0.1, 0.15) is 18.4 Å². The van der Waals surface area contributed by atoms with Crippen molar-refractivity contribution in [2.45, 2.75) is 19.8 Å². The molecule has 0 aliphatic heterocycles. The van der Waals surface area contributed by atoms with Gasteiger partial charge in [-0.3, -0.25) is 0 Å². The average molecular weight is 254 g/mol. The molecule has 6 heteroatoms. The third-order valence-corrected chi connectivity index (χ3v) is 2.43. The van der Waals surface area contributed by atoms with E-state index in [0.717, 1.165) is 37.4 Å². The zero-order chi connectivity index (χ0) is 13.2.